The summed E-state index contributed by atoms with van der Waals surface area (Å²) in [5.74, 6) is -6.24. The zero-order valence-electron chi connectivity index (χ0n) is 47.8. The van der Waals surface area contributed by atoms with Gasteiger partial charge in [0.15, 0.2) is 0 Å². The number of aromatic nitrogens is 6. The topological polar surface area (TPSA) is 327 Å². The van der Waals surface area contributed by atoms with Crippen LogP contribution in [0.1, 0.15) is 33.4 Å². The quantitative estimate of drug-likeness (QED) is 0.102. The predicted octanol–water partition coefficient (Wildman–Crippen LogP) is 2.41. The molecule has 27 rings (SSSR count). The molecule has 6 aromatic heterocycles. The van der Waals surface area contributed by atoms with E-state index in [1.54, 1.807) is 103 Å². The molecule has 27 heterocycles. The first kappa shape index (κ1) is 63.4. The van der Waals surface area contributed by atoms with Crippen molar-refractivity contribution in [3.63, 3.8) is 0 Å². The normalized spacial score (nSPS) is 18.4. The zero-order valence-corrected chi connectivity index (χ0v) is 47.8. The monoisotopic (exact) mass is 1180 g/mol. The molecule has 0 amide bonds. The Morgan fingerprint density at radius 2 is 0.407 bits per heavy atom. The maximum absolute atomic E-state index is 12.4. The Labute approximate surface area is 497 Å². The van der Waals surface area contributed by atoms with E-state index in [0.29, 0.717) is 73.4 Å². The van der Waals surface area contributed by atoms with Crippen molar-refractivity contribution >= 4 is 35.8 Å². The summed E-state index contributed by atoms with van der Waals surface area (Å²) in [6.45, 7) is 3.16. The summed E-state index contributed by atoms with van der Waals surface area (Å²) in [5, 5.41) is 60.6. The molecule has 0 fully saturated rings. The van der Waals surface area contributed by atoms with Crippen molar-refractivity contribution in [3.05, 3.63) is 143 Å². The molecule has 21 aliphatic rings. The standard InChI is InChI=1S/C60H72N14O12/c75-55(76)37-69-19-13-67-14-20-71(39-57(79)80)33-45-3-9-51(63-27-45)53-11-5-47(29-65-53)35-73(41-59(83)84)23-17-68(16-22-70(38-56(77)78)32-44-2-8-50(62-26-44)49-7-1-43(31-69)25-61-49)18-24-74(42-60(85)86)36-48-6-12-54(66-30-48)52-10-4-46(28-64-52)34-72(21-15-67)40-58(81)82/h1-12,25-30H,13-24,31-42H2,(H,75,76)(H,77,78)(H,79,80)(H,81,82)(H,83,84)(H,85,86). The molecule has 26 nitrogen and oxygen atoms in total. The van der Waals surface area contributed by atoms with Crippen LogP contribution in [-0.2, 0) is 68.0 Å². The Bertz CT molecular complexity index is 2650. The van der Waals surface area contributed by atoms with Crippen LogP contribution in [0.4, 0.5) is 0 Å². The highest BCUT2D eigenvalue weighted by Crippen LogP contribution is 2.21. The number of aliphatic carboxylic acids is 6. The number of hydrogen-bond acceptors (Lipinski definition) is 20. The third kappa shape index (κ3) is 20.9. The van der Waals surface area contributed by atoms with Crippen LogP contribution in [0.15, 0.2) is 110 Å². The van der Waals surface area contributed by atoms with Crippen molar-refractivity contribution in [1.29, 1.82) is 0 Å². The van der Waals surface area contributed by atoms with Gasteiger partial charge in [0.05, 0.1) is 73.4 Å². The van der Waals surface area contributed by atoms with E-state index in [1.165, 1.54) is 0 Å². The van der Waals surface area contributed by atoms with Gasteiger partial charge in [0.1, 0.15) is 0 Å². The van der Waals surface area contributed by atoms with Crippen molar-refractivity contribution in [3.8, 4) is 34.2 Å². The minimum absolute atomic E-state index is 0.222. The number of nitrogens with zero attached hydrogens (tertiary/aromatic N) is 14. The molecule has 21 aliphatic heterocycles. The zero-order chi connectivity index (χ0) is 61.0. The van der Waals surface area contributed by atoms with Gasteiger partial charge in [0.25, 0.3) is 0 Å². The van der Waals surface area contributed by atoms with Crippen molar-refractivity contribution in [2.45, 2.75) is 39.3 Å². The Kier molecular flexibility index (Phi) is 23.2. The summed E-state index contributed by atoms with van der Waals surface area (Å²) >= 11 is 0. The molecule has 0 radical (unpaired) electrons. The molecule has 14 bridgehead atoms. The van der Waals surface area contributed by atoms with Gasteiger partial charge < -0.3 is 30.6 Å². The Morgan fingerprint density at radius 1 is 0.256 bits per heavy atom. The largest absolute Gasteiger partial charge is 0.480 e. The molecule has 86 heavy (non-hydrogen) atoms. The molecule has 6 aromatic rings. The van der Waals surface area contributed by atoms with Gasteiger partial charge in [-0.25, -0.2) is 0 Å². The third-order valence-electron chi connectivity index (χ3n) is 14.7. The summed E-state index contributed by atoms with van der Waals surface area (Å²) in [7, 11) is 0. The van der Waals surface area contributed by atoms with Crippen molar-refractivity contribution in [2.75, 3.05) is 118 Å². The van der Waals surface area contributed by atoms with Crippen LogP contribution in [0.3, 0.4) is 0 Å². The summed E-state index contributed by atoms with van der Waals surface area (Å²) in [6, 6.07) is 21.8. The van der Waals surface area contributed by atoms with Crippen LogP contribution < -0.4 is 0 Å². The third-order valence-corrected chi connectivity index (χ3v) is 14.7. The van der Waals surface area contributed by atoms with E-state index in [1.807, 2.05) is 36.4 Å². The summed E-state index contributed by atoms with van der Waals surface area (Å²) in [6.07, 6.45) is 9.95. The molecule has 26 heteroatoms. The van der Waals surface area contributed by atoms with Crippen LogP contribution in [-0.4, -0.2) is 253 Å². The van der Waals surface area contributed by atoms with E-state index in [-0.39, 0.29) is 118 Å². The van der Waals surface area contributed by atoms with Gasteiger partial charge >= 0.3 is 35.8 Å². The first-order valence-electron chi connectivity index (χ1n) is 28.2. The molecule has 0 spiro atoms. The minimum Gasteiger partial charge on any atom is -0.480 e. The van der Waals surface area contributed by atoms with E-state index >= 15 is 0 Å². The van der Waals surface area contributed by atoms with Crippen LogP contribution in [0.25, 0.3) is 34.2 Å². The van der Waals surface area contributed by atoms with Gasteiger partial charge in [-0.1, -0.05) is 36.4 Å². The number of carboxylic acids is 6. The fraction of sp³-hybridized carbons (Fsp3) is 0.400. The molecule has 0 saturated carbocycles. The van der Waals surface area contributed by atoms with Gasteiger partial charge in [0, 0.05) is 155 Å². The molecular weight excluding hydrogens is 1110 g/mol. The highest BCUT2D eigenvalue weighted by Gasteiger charge is 2.23. The maximum atomic E-state index is 12.4. The number of hydrogen-bond donors (Lipinski definition) is 6. The number of rotatable bonds is 12. The summed E-state index contributed by atoms with van der Waals surface area (Å²) in [5.41, 5.74) is 7.69. The van der Waals surface area contributed by atoms with Gasteiger partial charge in [-0.05, 0) is 69.8 Å². The molecule has 454 valence electrons. The number of carbonyl (C=O) groups is 6. The van der Waals surface area contributed by atoms with Crippen molar-refractivity contribution in [2.24, 2.45) is 0 Å². The number of pyridine rings is 6. The van der Waals surface area contributed by atoms with Crippen LogP contribution in [0, 0.1) is 0 Å². The summed E-state index contributed by atoms with van der Waals surface area (Å²) in [4.78, 5) is 117. The number of carboxylic acid groups (broad SMARTS) is 6. The van der Waals surface area contributed by atoms with Crippen LogP contribution >= 0.6 is 0 Å². The molecule has 0 saturated heterocycles. The Balaban J connectivity index is 1.18. The molecule has 0 aliphatic carbocycles. The minimum atomic E-state index is -1.04. The second kappa shape index (κ2) is 31.5. The van der Waals surface area contributed by atoms with E-state index < -0.39 is 35.8 Å². The van der Waals surface area contributed by atoms with Crippen LogP contribution in [0.2, 0.25) is 0 Å². The molecule has 0 unspecified atom stereocenters. The van der Waals surface area contributed by atoms with E-state index in [9.17, 15) is 59.4 Å². The van der Waals surface area contributed by atoms with Gasteiger partial charge in [-0.15, -0.1) is 0 Å². The average molecular weight is 1180 g/mol. The predicted molar refractivity (Wildman–Crippen MR) is 313 cm³/mol. The molecule has 6 N–H and O–H groups in total. The molecule has 0 atom stereocenters. The lowest BCUT2D eigenvalue weighted by atomic mass is 10.1. The first-order valence-corrected chi connectivity index (χ1v) is 28.2. The van der Waals surface area contributed by atoms with Crippen molar-refractivity contribution < 1.29 is 59.4 Å². The fourth-order valence-corrected chi connectivity index (χ4v) is 10.4. The Morgan fingerprint density at radius 3 is 0.523 bits per heavy atom. The second-order valence-corrected chi connectivity index (χ2v) is 21.6. The van der Waals surface area contributed by atoms with Gasteiger partial charge in [0.2, 0.25) is 0 Å². The fourth-order valence-electron chi connectivity index (χ4n) is 10.4. The van der Waals surface area contributed by atoms with E-state index in [2.05, 4.69) is 39.7 Å². The molecule has 0 aromatic carbocycles. The average Bonchev–Trinajstić information content (AvgIpc) is 2.75. The van der Waals surface area contributed by atoms with Crippen molar-refractivity contribution in [1.82, 2.24) is 69.1 Å². The molecular formula is C60H72N14O12. The Hall–Kier alpha value is -8.60. The summed E-state index contributed by atoms with van der Waals surface area (Å²) < 4.78 is 0. The second-order valence-electron chi connectivity index (χ2n) is 21.6. The highest BCUT2D eigenvalue weighted by molar-refractivity contribution is 5.71. The SMILES string of the molecule is O=C(O)CN1CCN2CCN(CC(=O)O)Cc3ccc(nc3)-c3ccc(cn3)CN(CC(=O)O)CCN(CCN(CC(=O)O)Cc3ccc(nc3)-c3ccc(cn3)C1)CCN(CC(=O)O)Cc1ccc(nc1)-c1ccc(cn1)CN(CC(=O)O)CC2. The lowest BCUT2D eigenvalue weighted by molar-refractivity contribution is -0.139. The smallest absolute Gasteiger partial charge is 0.317 e. The van der Waals surface area contributed by atoms with Gasteiger partial charge in [-0.3, -0.25) is 97.9 Å². The first-order chi connectivity index (χ1) is 41.4. The lowest BCUT2D eigenvalue weighted by Gasteiger charge is -2.31. The lowest BCUT2D eigenvalue weighted by Crippen LogP contribution is -2.44. The van der Waals surface area contributed by atoms with Crippen LogP contribution in [0.5, 0.6) is 0 Å². The highest BCUT2D eigenvalue weighted by atomic mass is 16.4. The van der Waals surface area contributed by atoms with E-state index in [4.69, 9.17) is 0 Å². The van der Waals surface area contributed by atoms with Gasteiger partial charge in [-0.2, -0.15) is 0 Å². The maximum Gasteiger partial charge on any atom is 0.317 e. The van der Waals surface area contributed by atoms with E-state index in [0.717, 1.165) is 33.4 Å².